The summed E-state index contributed by atoms with van der Waals surface area (Å²) in [5, 5.41) is 5.43. The number of benzene rings is 2. The van der Waals surface area contributed by atoms with Gasteiger partial charge in [-0.3, -0.25) is 10.1 Å². The van der Waals surface area contributed by atoms with E-state index >= 15 is 0 Å². The van der Waals surface area contributed by atoms with Crippen molar-refractivity contribution in [3.8, 4) is 0 Å². The third-order valence-electron chi connectivity index (χ3n) is 5.33. The summed E-state index contributed by atoms with van der Waals surface area (Å²) in [6, 6.07) is 15.2. The number of sulfonamides is 1. The van der Waals surface area contributed by atoms with Crippen LogP contribution in [-0.2, 0) is 26.2 Å². The van der Waals surface area contributed by atoms with E-state index in [0.717, 1.165) is 5.56 Å². The highest BCUT2D eigenvalue weighted by atomic mass is 32.2. The molecule has 170 valence electrons. The molecule has 1 aliphatic heterocycles. The van der Waals surface area contributed by atoms with E-state index in [-0.39, 0.29) is 29.4 Å². The molecule has 2 N–H and O–H groups in total. The fraction of sp³-hybridized carbons (Fsp3) is 0.304. The molecule has 2 atom stereocenters. The van der Waals surface area contributed by atoms with Gasteiger partial charge in [-0.1, -0.05) is 43.8 Å². The van der Waals surface area contributed by atoms with E-state index in [2.05, 4.69) is 17.2 Å². The highest BCUT2D eigenvalue weighted by Crippen LogP contribution is 2.25. The van der Waals surface area contributed by atoms with Gasteiger partial charge in [0.05, 0.1) is 4.90 Å². The molecule has 0 radical (unpaired) electrons. The Kier molecular flexibility index (Phi) is 7.66. The van der Waals surface area contributed by atoms with Crippen LogP contribution in [0.1, 0.15) is 18.9 Å². The summed E-state index contributed by atoms with van der Waals surface area (Å²) in [4.78, 5) is 23.7. The Morgan fingerprint density at radius 3 is 2.47 bits per heavy atom. The molecule has 9 heteroatoms. The van der Waals surface area contributed by atoms with Crippen LogP contribution in [0.4, 0.5) is 10.5 Å². The maximum atomic E-state index is 13.0. The van der Waals surface area contributed by atoms with Crippen LogP contribution < -0.4 is 10.6 Å². The Hall–Kier alpha value is -3.17. The molecule has 1 fully saturated rings. The predicted octanol–water partition coefficient (Wildman–Crippen LogP) is 3.14. The summed E-state index contributed by atoms with van der Waals surface area (Å²) < 4.78 is 32.6. The van der Waals surface area contributed by atoms with Crippen LogP contribution in [0.3, 0.4) is 0 Å². The lowest BCUT2D eigenvalue weighted by atomic mass is 9.95. The smallest absolute Gasteiger partial charge is 0.411 e. The first-order valence-corrected chi connectivity index (χ1v) is 11.7. The number of anilines is 1. The van der Waals surface area contributed by atoms with Gasteiger partial charge in [0.1, 0.15) is 6.61 Å². The minimum absolute atomic E-state index is 0.0391. The molecule has 2 aromatic carbocycles. The Labute approximate surface area is 188 Å². The van der Waals surface area contributed by atoms with Crippen LogP contribution in [-0.4, -0.2) is 43.9 Å². The second-order valence-corrected chi connectivity index (χ2v) is 9.60. The first-order chi connectivity index (χ1) is 15.3. The minimum Gasteiger partial charge on any atom is -0.444 e. The molecule has 0 bridgehead atoms. The van der Waals surface area contributed by atoms with E-state index in [1.54, 1.807) is 0 Å². The summed E-state index contributed by atoms with van der Waals surface area (Å²) in [6.45, 7) is 6.10. The highest BCUT2D eigenvalue weighted by molar-refractivity contribution is 7.89. The Morgan fingerprint density at radius 2 is 1.84 bits per heavy atom. The van der Waals surface area contributed by atoms with Gasteiger partial charge in [0, 0.05) is 24.8 Å². The summed E-state index contributed by atoms with van der Waals surface area (Å²) in [5.41, 5.74) is 1.30. The molecule has 8 nitrogen and oxygen atoms in total. The van der Waals surface area contributed by atoms with Gasteiger partial charge in [-0.05, 0) is 48.2 Å². The van der Waals surface area contributed by atoms with Crippen LogP contribution >= 0.6 is 0 Å². The predicted molar refractivity (Wildman–Crippen MR) is 121 cm³/mol. The molecule has 0 aromatic heterocycles. The van der Waals surface area contributed by atoms with Crippen molar-refractivity contribution in [2.24, 2.45) is 5.92 Å². The zero-order chi connectivity index (χ0) is 23.1. The van der Waals surface area contributed by atoms with Crippen molar-refractivity contribution in [3.63, 3.8) is 0 Å². The fourth-order valence-electron chi connectivity index (χ4n) is 3.52. The van der Waals surface area contributed by atoms with Gasteiger partial charge >= 0.3 is 6.09 Å². The molecule has 3 rings (SSSR count). The summed E-state index contributed by atoms with van der Waals surface area (Å²) in [5.74, 6) is -0.300. The number of rotatable bonds is 7. The SMILES string of the molecule is C=CC(=O)NC1CCN(S(=O)(=O)c2ccc(NC(=O)OCc3ccccc3)cc2)CC1C. The minimum atomic E-state index is -3.69. The Bertz CT molecular complexity index is 1050. The second kappa shape index (κ2) is 10.4. The van der Waals surface area contributed by atoms with Gasteiger partial charge in [-0.2, -0.15) is 4.31 Å². The Balaban J connectivity index is 1.57. The lowest BCUT2D eigenvalue weighted by Crippen LogP contribution is -2.51. The van der Waals surface area contributed by atoms with Gasteiger partial charge in [-0.15, -0.1) is 0 Å². The molecule has 0 spiro atoms. The zero-order valence-corrected chi connectivity index (χ0v) is 18.7. The molecule has 1 saturated heterocycles. The maximum absolute atomic E-state index is 13.0. The van der Waals surface area contributed by atoms with Crippen molar-refractivity contribution in [1.29, 1.82) is 0 Å². The molecule has 0 aliphatic carbocycles. The van der Waals surface area contributed by atoms with Crippen molar-refractivity contribution < 1.29 is 22.7 Å². The van der Waals surface area contributed by atoms with Crippen LogP contribution in [0.5, 0.6) is 0 Å². The first-order valence-electron chi connectivity index (χ1n) is 10.3. The lowest BCUT2D eigenvalue weighted by molar-refractivity contribution is -0.117. The average molecular weight is 458 g/mol. The quantitative estimate of drug-likeness (QED) is 0.622. The third kappa shape index (κ3) is 5.95. The van der Waals surface area contributed by atoms with Gasteiger partial charge in [0.2, 0.25) is 15.9 Å². The Morgan fingerprint density at radius 1 is 1.16 bits per heavy atom. The van der Waals surface area contributed by atoms with Crippen LogP contribution in [0.25, 0.3) is 0 Å². The number of nitrogens with one attached hydrogen (secondary N) is 2. The van der Waals surface area contributed by atoms with E-state index < -0.39 is 16.1 Å². The third-order valence-corrected chi connectivity index (χ3v) is 7.21. The standard InChI is InChI=1S/C23H27N3O5S/c1-3-22(27)25-21-13-14-26(15-17(21)2)32(29,30)20-11-9-19(10-12-20)24-23(28)31-16-18-7-5-4-6-8-18/h3-12,17,21H,1,13-16H2,2H3,(H,24,28)(H,25,27). The number of carbonyl (C=O) groups is 2. The molecule has 1 heterocycles. The summed E-state index contributed by atoms with van der Waals surface area (Å²) >= 11 is 0. The maximum Gasteiger partial charge on any atom is 0.411 e. The number of hydrogen-bond acceptors (Lipinski definition) is 5. The van der Waals surface area contributed by atoms with Crippen LogP contribution in [0.2, 0.25) is 0 Å². The molecular formula is C23H27N3O5S. The van der Waals surface area contributed by atoms with Crippen molar-refractivity contribution in [3.05, 3.63) is 72.8 Å². The normalized spacial score (nSPS) is 19.0. The molecule has 2 amide bonds. The monoisotopic (exact) mass is 457 g/mol. The highest BCUT2D eigenvalue weighted by Gasteiger charge is 2.33. The van der Waals surface area contributed by atoms with E-state index in [4.69, 9.17) is 4.74 Å². The zero-order valence-electron chi connectivity index (χ0n) is 17.9. The van der Waals surface area contributed by atoms with Crippen molar-refractivity contribution in [2.75, 3.05) is 18.4 Å². The van der Waals surface area contributed by atoms with E-state index in [9.17, 15) is 18.0 Å². The first kappa shape index (κ1) is 23.5. The molecule has 2 unspecified atom stereocenters. The number of ether oxygens (including phenoxy) is 1. The van der Waals surface area contributed by atoms with Gasteiger partial charge in [-0.25, -0.2) is 13.2 Å². The molecule has 32 heavy (non-hydrogen) atoms. The second-order valence-electron chi connectivity index (χ2n) is 7.66. The van der Waals surface area contributed by atoms with Crippen molar-refractivity contribution in [1.82, 2.24) is 9.62 Å². The molecule has 1 aliphatic rings. The topological polar surface area (TPSA) is 105 Å². The van der Waals surface area contributed by atoms with E-state index in [1.807, 2.05) is 37.3 Å². The largest absolute Gasteiger partial charge is 0.444 e. The van der Waals surface area contributed by atoms with Gasteiger partial charge in [0.25, 0.3) is 0 Å². The van der Waals surface area contributed by atoms with E-state index in [1.165, 1.54) is 34.6 Å². The number of nitrogens with zero attached hydrogens (tertiary/aromatic N) is 1. The van der Waals surface area contributed by atoms with Crippen molar-refractivity contribution >= 4 is 27.7 Å². The molecule has 0 saturated carbocycles. The summed E-state index contributed by atoms with van der Waals surface area (Å²) in [6.07, 6.45) is 1.11. The fourth-order valence-corrected chi connectivity index (χ4v) is 5.07. The average Bonchev–Trinajstić information content (AvgIpc) is 2.80. The molecule has 2 aromatic rings. The lowest BCUT2D eigenvalue weighted by Gasteiger charge is -2.36. The number of carbonyl (C=O) groups excluding carboxylic acids is 2. The number of hydrogen-bond donors (Lipinski definition) is 2. The van der Waals surface area contributed by atoms with Crippen molar-refractivity contribution in [2.45, 2.75) is 30.9 Å². The van der Waals surface area contributed by atoms with Crippen LogP contribution in [0, 0.1) is 5.92 Å². The van der Waals surface area contributed by atoms with Gasteiger partial charge < -0.3 is 10.1 Å². The molecular weight excluding hydrogens is 430 g/mol. The number of piperidine rings is 1. The number of amides is 2. The summed E-state index contributed by atoms with van der Waals surface area (Å²) in [7, 11) is -3.69. The van der Waals surface area contributed by atoms with E-state index in [0.29, 0.717) is 25.2 Å². The van der Waals surface area contributed by atoms with Gasteiger partial charge in [0.15, 0.2) is 0 Å². The van der Waals surface area contributed by atoms with Crippen LogP contribution in [0.15, 0.2) is 72.1 Å².